The van der Waals surface area contributed by atoms with Crippen LogP contribution in [0.25, 0.3) is 0 Å². The Morgan fingerprint density at radius 1 is 1.31 bits per heavy atom. The van der Waals surface area contributed by atoms with Crippen molar-refractivity contribution >= 4 is 17.5 Å². The normalized spacial score (nSPS) is 22.9. The third-order valence-electron chi connectivity index (χ3n) is 6.64. The molecule has 1 aromatic heterocycles. The van der Waals surface area contributed by atoms with Gasteiger partial charge in [0.2, 0.25) is 11.8 Å². The van der Waals surface area contributed by atoms with Crippen LogP contribution in [0, 0.1) is 12.3 Å². The summed E-state index contributed by atoms with van der Waals surface area (Å²) in [7, 11) is 1.90. The monoisotopic (exact) mass is 437 g/mol. The Labute approximate surface area is 188 Å². The van der Waals surface area contributed by atoms with E-state index >= 15 is 0 Å². The number of amides is 2. The highest BCUT2D eigenvalue weighted by atomic mass is 16.6. The van der Waals surface area contributed by atoms with Crippen molar-refractivity contribution in [1.29, 1.82) is 0 Å². The van der Waals surface area contributed by atoms with E-state index in [-0.39, 0.29) is 17.9 Å². The van der Waals surface area contributed by atoms with Crippen molar-refractivity contribution in [1.82, 2.24) is 19.8 Å². The number of hydrogen-bond acceptors (Lipinski definition) is 5. The van der Waals surface area contributed by atoms with Crippen LogP contribution in [0.1, 0.15) is 49.6 Å². The molecule has 2 atom stereocenters. The van der Waals surface area contributed by atoms with E-state index in [1.807, 2.05) is 36.0 Å². The molecule has 0 spiro atoms. The first-order chi connectivity index (χ1) is 15.4. The fourth-order valence-corrected chi connectivity index (χ4v) is 4.79. The molecule has 0 bridgehead atoms. The van der Waals surface area contributed by atoms with E-state index in [1.165, 1.54) is 0 Å². The number of piperidine rings is 1. The Morgan fingerprint density at radius 2 is 2.12 bits per heavy atom. The summed E-state index contributed by atoms with van der Waals surface area (Å²) in [4.78, 5) is 37.5. The number of nitrogens with zero attached hydrogens (tertiary/aromatic N) is 4. The van der Waals surface area contributed by atoms with Crippen molar-refractivity contribution in [2.75, 3.05) is 13.1 Å². The molecule has 1 fully saturated rings. The number of imidazole rings is 1. The number of oxime groups is 1. The van der Waals surface area contributed by atoms with Gasteiger partial charge in [-0.1, -0.05) is 29.4 Å². The van der Waals surface area contributed by atoms with Crippen LogP contribution in [0.4, 0.5) is 0 Å². The number of nitrogens with one attached hydrogen (secondary N) is 1. The number of likely N-dealkylation sites (tertiary alicyclic amines) is 1. The molecule has 2 aromatic rings. The lowest BCUT2D eigenvalue weighted by molar-refractivity contribution is -0.143. The van der Waals surface area contributed by atoms with Crippen LogP contribution in [-0.4, -0.2) is 51.2 Å². The highest BCUT2D eigenvalue weighted by Gasteiger charge is 2.46. The summed E-state index contributed by atoms with van der Waals surface area (Å²) in [6.07, 6.45) is 6.03. The van der Waals surface area contributed by atoms with Gasteiger partial charge in [-0.15, -0.1) is 0 Å². The van der Waals surface area contributed by atoms with Gasteiger partial charge in [0.25, 0.3) is 0 Å². The smallest absolute Gasteiger partial charge is 0.228 e. The van der Waals surface area contributed by atoms with Crippen molar-refractivity contribution in [3.8, 4) is 0 Å². The molecule has 8 heteroatoms. The maximum Gasteiger partial charge on any atom is 0.228 e. The fraction of sp³-hybridized carbons (Fsp3) is 0.500. The van der Waals surface area contributed by atoms with Crippen LogP contribution in [0.15, 0.2) is 41.8 Å². The summed E-state index contributed by atoms with van der Waals surface area (Å²) < 4.78 is 1.89. The van der Waals surface area contributed by atoms with Crippen LogP contribution in [0.2, 0.25) is 0 Å². The zero-order valence-electron chi connectivity index (χ0n) is 19.0. The van der Waals surface area contributed by atoms with Crippen molar-refractivity contribution < 1.29 is 14.4 Å². The highest BCUT2D eigenvalue weighted by Crippen LogP contribution is 2.38. The summed E-state index contributed by atoms with van der Waals surface area (Å²) >= 11 is 0. The molecule has 170 valence electrons. The van der Waals surface area contributed by atoms with Gasteiger partial charge in [-0.3, -0.25) is 9.59 Å². The van der Waals surface area contributed by atoms with Crippen LogP contribution < -0.4 is 5.32 Å². The minimum absolute atomic E-state index is 0.00448. The molecular weight excluding hydrogens is 406 g/mol. The summed E-state index contributed by atoms with van der Waals surface area (Å²) in [6.45, 7) is 5.05. The van der Waals surface area contributed by atoms with E-state index < -0.39 is 5.41 Å². The average Bonchev–Trinajstić information content (AvgIpc) is 3.41. The summed E-state index contributed by atoms with van der Waals surface area (Å²) in [5, 5.41) is 7.42. The highest BCUT2D eigenvalue weighted by molar-refractivity contribution is 6.02. The minimum Gasteiger partial charge on any atom is -0.392 e. The molecule has 8 nitrogen and oxygen atoms in total. The standard InChI is InChI=1S/C24H31N5O3/c1-17-7-4-5-8-20(17)21-13-19(32-27-21)14-24(9-6-11-29(16-24)18(2)30)23(31)26-15-22-25-10-12-28(22)3/h4-5,7-8,10,12,19H,6,9,11,13-16H2,1-3H3,(H,26,31)/t19-,24+/m0/s1. The van der Waals surface area contributed by atoms with E-state index in [2.05, 4.69) is 28.4 Å². The zero-order chi connectivity index (χ0) is 22.7. The molecule has 3 heterocycles. The van der Waals surface area contributed by atoms with Crippen LogP contribution in [0.5, 0.6) is 0 Å². The van der Waals surface area contributed by atoms with E-state index in [4.69, 9.17) is 4.84 Å². The molecule has 2 amide bonds. The summed E-state index contributed by atoms with van der Waals surface area (Å²) in [5.41, 5.74) is 2.43. The van der Waals surface area contributed by atoms with E-state index in [0.717, 1.165) is 29.1 Å². The predicted octanol–water partition coefficient (Wildman–Crippen LogP) is 2.56. The van der Waals surface area contributed by atoms with Crippen molar-refractivity contribution in [2.24, 2.45) is 17.6 Å². The van der Waals surface area contributed by atoms with Crippen LogP contribution in [0.3, 0.4) is 0 Å². The van der Waals surface area contributed by atoms with Gasteiger partial charge < -0.3 is 19.6 Å². The summed E-state index contributed by atoms with van der Waals surface area (Å²) in [6, 6.07) is 8.11. The quantitative estimate of drug-likeness (QED) is 0.752. The topological polar surface area (TPSA) is 88.8 Å². The van der Waals surface area contributed by atoms with E-state index in [0.29, 0.717) is 38.9 Å². The SMILES string of the molecule is CC(=O)N1CCC[C@](C[C@@H]2CC(c3ccccc3C)=NO2)(C(=O)NCc2nccn2C)C1. The average molecular weight is 438 g/mol. The number of hydrogen-bond donors (Lipinski definition) is 1. The van der Waals surface area contributed by atoms with Gasteiger partial charge in [-0.25, -0.2) is 4.98 Å². The molecule has 1 aromatic carbocycles. The molecule has 1 saturated heterocycles. The second kappa shape index (κ2) is 9.14. The lowest BCUT2D eigenvalue weighted by atomic mass is 9.73. The lowest BCUT2D eigenvalue weighted by Gasteiger charge is -2.42. The number of benzene rings is 1. The van der Waals surface area contributed by atoms with Gasteiger partial charge in [-0.05, 0) is 25.3 Å². The van der Waals surface area contributed by atoms with Gasteiger partial charge in [0.1, 0.15) is 11.9 Å². The van der Waals surface area contributed by atoms with Gasteiger partial charge in [0.05, 0.1) is 17.7 Å². The molecular formula is C24H31N5O3. The molecule has 0 aliphatic carbocycles. The third kappa shape index (κ3) is 4.54. The Morgan fingerprint density at radius 3 is 2.84 bits per heavy atom. The first kappa shape index (κ1) is 22.0. The number of rotatable bonds is 6. The molecule has 0 unspecified atom stereocenters. The minimum atomic E-state index is -0.712. The van der Waals surface area contributed by atoms with Crippen LogP contribution >= 0.6 is 0 Å². The Balaban J connectivity index is 1.50. The predicted molar refractivity (Wildman–Crippen MR) is 121 cm³/mol. The first-order valence-electron chi connectivity index (χ1n) is 11.2. The van der Waals surface area contributed by atoms with Crippen LogP contribution in [-0.2, 0) is 28.0 Å². The first-order valence-corrected chi connectivity index (χ1v) is 11.2. The maximum atomic E-state index is 13.5. The van der Waals surface area contributed by atoms with Gasteiger partial charge in [-0.2, -0.15) is 0 Å². The molecule has 2 aliphatic rings. The second-order valence-electron chi connectivity index (χ2n) is 8.95. The lowest BCUT2D eigenvalue weighted by Crippen LogP contribution is -2.54. The van der Waals surface area contributed by atoms with Crippen molar-refractivity contribution in [2.45, 2.75) is 52.2 Å². The Hall–Kier alpha value is -3.16. The molecule has 1 N–H and O–H groups in total. The van der Waals surface area contributed by atoms with E-state index in [9.17, 15) is 9.59 Å². The number of aromatic nitrogens is 2. The summed E-state index contributed by atoms with van der Waals surface area (Å²) in [5.74, 6) is 0.726. The number of carbonyl (C=O) groups is 2. The van der Waals surface area contributed by atoms with Gasteiger partial charge in [0, 0.05) is 57.9 Å². The van der Waals surface area contributed by atoms with Crippen molar-refractivity contribution in [3.05, 3.63) is 53.6 Å². The molecule has 2 aliphatic heterocycles. The Bertz CT molecular complexity index is 1030. The van der Waals surface area contributed by atoms with Gasteiger partial charge in [0.15, 0.2) is 0 Å². The van der Waals surface area contributed by atoms with E-state index in [1.54, 1.807) is 18.0 Å². The Kier molecular flexibility index (Phi) is 6.30. The van der Waals surface area contributed by atoms with Crippen molar-refractivity contribution in [3.63, 3.8) is 0 Å². The molecule has 32 heavy (non-hydrogen) atoms. The number of carbonyl (C=O) groups excluding carboxylic acids is 2. The number of aryl methyl sites for hydroxylation is 2. The fourth-order valence-electron chi connectivity index (χ4n) is 4.79. The maximum absolute atomic E-state index is 13.5. The third-order valence-corrected chi connectivity index (χ3v) is 6.64. The molecule has 0 radical (unpaired) electrons. The molecule has 4 rings (SSSR count). The largest absolute Gasteiger partial charge is 0.392 e. The second-order valence-corrected chi connectivity index (χ2v) is 8.95. The van der Waals surface area contributed by atoms with Gasteiger partial charge >= 0.3 is 0 Å². The molecule has 0 saturated carbocycles. The zero-order valence-corrected chi connectivity index (χ0v) is 19.0.